The second-order valence-electron chi connectivity index (χ2n) is 7.96. The molecule has 0 aromatic heterocycles. The van der Waals surface area contributed by atoms with Gasteiger partial charge in [0.05, 0.1) is 1.37 Å². The van der Waals surface area contributed by atoms with Crippen molar-refractivity contribution in [1.29, 1.82) is 0 Å². The molecule has 0 aliphatic carbocycles. The highest BCUT2D eigenvalue weighted by atomic mass is 16.6. The number of carbonyl (C=O) groups is 7. The van der Waals surface area contributed by atoms with E-state index in [1.54, 1.807) is 0 Å². The number of ether oxygens (including phenoxy) is 7. The van der Waals surface area contributed by atoms with E-state index in [1.807, 2.05) is 0 Å². The molecule has 0 unspecified atom stereocenters. The highest BCUT2D eigenvalue weighted by molar-refractivity contribution is 5.70. The van der Waals surface area contributed by atoms with Crippen molar-refractivity contribution in [2.75, 3.05) is 13.2 Å². The molecule has 0 saturated heterocycles. The zero-order valence-electron chi connectivity index (χ0n) is 23.3. The Morgan fingerprint density at radius 1 is 0.553 bits per heavy atom. The van der Waals surface area contributed by atoms with Gasteiger partial charge in [-0.05, 0) is 5.57 Å². The molecule has 0 saturated carbocycles. The highest BCUT2D eigenvalue weighted by Gasteiger charge is 2.48. The average molecular weight is 548 g/mol. The van der Waals surface area contributed by atoms with Crippen LogP contribution in [0.3, 0.4) is 0 Å². The Kier molecular flexibility index (Phi) is 14.1. The van der Waals surface area contributed by atoms with Crippen molar-refractivity contribution in [3.63, 3.8) is 0 Å². The van der Waals surface area contributed by atoms with E-state index in [0.717, 1.165) is 55.0 Å². The molecule has 0 N–H and O–H groups in total. The van der Waals surface area contributed by atoms with E-state index in [-0.39, 0.29) is 12.0 Å². The largest absolute Gasteiger partial charge is 0.462 e. The molecule has 0 aliphatic rings. The predicted molar refractivity (Wildman–Crippen MR) is 125 cm³/mol. The molecule has 0 bridgehead atoms. The second-order valence-corrected chi connectivity index (χ2v) is 7.96. The van der Waals surface area contributed by atoms with Gasteiger partial charge in [-0.15, -0.1) is 0 Å². The number of hydrogen-bond donors (Lipinski definition) is 0. The molecule has 0 aromatic rings. The number of esters is 7. The normalized spacial score (nSPS) is 15.2. The molecule has 14 heteroatoms. The van der Waals surface area contributed by atoms with Crippen LogP contribution in [0.25, 0.3) is 0 Å². The van der Waals surface area contributed by atoms with Gasteiger partial charge in [0.1, 0.15) is 19.3 Å². The monoisotopic (exact) mass is 547 g/mol. The van der Waals surface area contributed by atoms with Crippen LogP contribution in [0.4, 0.5) is 0 Å². The summed E-state index contributed by atoms with van der Waals surface area (Å²) in [5.41, 5.74) is 0.0932. The summed E-state index contributed by atoms with van der Waals surface area (Å²) in [6.45, 7) is 6.95. The minimum atomic E-state index is -1.81. The fourth-order valence-electron chi connectivity index (χ4n) is 3.16. The zero-order valence-corrected chi connectivity index (χ0v) is 22.3. The Morgan fingerprint density at radius 2 is 0.947 bits per heavy atom. The van der Waals surface area contributed by atoms with Crippen LogP contribution in [0.15, 0.2) is 12.1 Å². The van der Waals surface area contributed by atoms with Crippen molar-refractivity contribution in [2.24, 2.45) is 0 Å². The number of hydrogen-bond acceptors (Lipinski definition) is 14. The van der Waals surface area contributed by atoms with E-state index < -0.39 is 85.5 Å². The number of rotatable bonds is 15. The van der Waals surface area contributed by atoms with Crippen molar-refractivity contribution >= 4 is 41.8 Å². The summed E-state index contributed by atoms with van der Waals surface area (Å²) >= 11 is 0. The molecule has 14 nitrogen and oxygen atoms in total. The molecule has 0 rings (SSSR count). The maximum absolute atomic E-state index is 12.1. The van der Waals surface area contributed by atoms with E-state index in [4.69, 9.17) is 34.5 Å². The lowest BCUT2D eigenvalue weighted by Gasteiger charge is -2.38. The maximum Gasteiger partial charge on any atom is 0.303 e. The van der Waals surface area contributed by atoms with Gasteiger partial charge < -0.3 is 33.2 Å². The van der Waals surface area contributed by atoms with Crippen molar-refractivity contribution in [1.82, 2.24) is 0 Å². The summed E-state index contributed by atoms with van der Waals surface area (Å²) in [5, 5.41) is 0. The third-order valence-electron chi connectivity index (χ3n) is 4.30. The van der Waals surface area contributed by atoms with Gasteiger partial charge >= 0.3 is 41.8 Å². The van der Waals surface area contributed by atoms with Gasteiger partial charge in [-0.2, -0.15) is 0 Å². The molecule has 0 fully saturated rings. The first kappa shape index (κ1) is 32.1. The fourth-order valence-corrected chi connectivity index (χ4v) is 3.16. The molecule has 0 aromatic carbocycles. The fraction of sp³-hybridized carbons (Fsp3) is 0.625. The third-order valence-corrected chi connectivity index (χ3v) is 4.30. The summed E-state index contributed by atoms with van der Waals surface area (Å²) in [5.74, 6) is -6.11. The van der Waals surface area contributed by atoms with Gasteiger partial charge in [-0.3, -0.25) is 33.6 Å². The molecule has 38 heavy (non-hydrogen) atoms. The van der Waals surface area contributed by atoms with Crippen LogP contribution in [-0.4, -0.2) is 85.5 Å². The first-order valence-electron chi connectivity index (χ1n) is 11.8. The molecule has 0 amide bonds. The molecular weight excluding hydrogens is 512 g/mol. The standard InChI is InChI=1S/C24H34O14/c1-12(10-32-13(2)25)9-20(34-15(4)27)22(36-17(6)29)24(38-19(8)31)23(37-18(7)30)21(35-16(5)28)11-33-14(3)26/h20-24H,1,9-11H2,2-8H3/t20-,21+,22+,23+,24+/m0/s1/i1D. The third kappa shape index (κ3) is 14.6. The van der Waals surface area contributed by atoms with Crippen LogP contribution in [-0.2, 0) is 66.7 Å². The van der Waals surface area contributed by atoms with Crippen LogP contribution >= 0.6 is 0 Å². The van der Waals surface area contributed by atoms with Gasteiger partial charge in [-0.25, -0.2) is 0 Å². The highest BCUT2D eigenvalue weighted by Crippen LogP contribution is 2.26. The summed E-state index contributed by atoms with van der Waals surface area (Å²) in [7, 11) is 0. The van der Waals surface area contributed by atoms with Crippen molar-refractivity contribution in [3.8, 4) is 0 Å². The topological polar surface area (TPSA) is 184 Å². The smallest absolute Gasteiger partial charge is 0.303 e. The Bertz CT molecular complexity index is 943. The van der Waals surface area contributed by atoms with E-state index in [0.29, 0.717) is 0 Å². The number of carbonyl (C=O) groups excluding carboxylic acids is 7. The molecule has 214 valence electrons. The lowest BCUT2D eigenvalue weighted by Crippen LogP contribution is -2.56. The van der Waals surface area contributed by atoms with Gasteiger partial charge in [0.15, 0.2) is 24.4 Å². The van der Waals surface area contributed by atoms with Crippen LogP contribution in [0.2, 0.25) is 0 Å². The zero-order chi connectivity index (χ0) is 30.3. The molecular formula is C24H34O14. The molecule has 0 aliphatic heterocycles. The molecule has 5 atom stereocenters. The Balaban J connectivity index is 6.94. The summed E-state index contributed by atoms with van der Waals surface area (Å²) in [6, 6.07) is 0. The van der Waals surface area contributed by atoms with Crippen LogP contribution in [0.5, 0.6) is 0 Å². The van der Waals surface area contributed by atoms with Gasteiger partial charge in [0.25, 0.3) is 0 Å². The van der Waals surface area contributed by atoms with E-state index in [9.17, 15) is 33.6 Å². The predicted octanol–water partition coefficient (Wildman–Crippen LogP) is 0.717. The SMILES string of the molecule is [2H]C=C(COC(C)=O)C[C@H](OC(C)=O)[C@@H](OC(C)=O)[C@@H](OC(C)=O)[C@H](OC(C)=O)[C@@H](COC(C)=O)OC(C)=O. The molecule has 0 heterocycles. The first-order valence-corrected chi connectivity index (χ1v) is 11.3. The van der Waals surface area contributed by atoms with Crippen LogP contribution in [0.1, 0.15) is 56.3 Å². The minimum Gasteiger partial charge on any atom is -0.462 e. The summed E-state index contributed by atoms with van der Waals surface area (Å²) in [4.78, 5) is 82.9. The maximum atomic E-state index is 12.1. The van der Waals surface area contributed by atoms with Crippen molar-refractivity contribution in [2.45, 2.75) is 85.4 Å². The molecule has 0 spiro atoms. The van der Waals surface area contributed by atoms with E-state index in [1.165, 1.54) is 0 Å². The first-order chi connectivity index (χ1) is 18.1. The minimum absolute atomic E-state index is 0.0932. The Labute approximate surface area is 221 Å². The van der Waals surface area contributed by atoms with Crippen molar-refractivity contribution in [3.05, 3.63) is 12.1 Å². The lowest BCUT2D eigenvalue weighted by molar-refractivity contribution is -0.213. The second kappa shape index (κ2) is 16.7. The quantitative estimate of drug-likeness (QED) is 0.159. The Morgan fingerprint density at radius 3 is 1.34 bits per heavy atom. The van der Waals surface area contributed by atoms with Gasteiger partial charge in [0.2, 0.25) is 0 Å². The van der Waals surface area contributed by atoms with E-state index >= 15 is 0 Å². The Hall–Kier alpha value is -3.97. The summed E-state index contributed by atoms with van der Waals surface area (Å²) in [6.07, 6.45) is -8.76. The van der Waals surface area contributed by atoms with Crippen molar-refractivity contribution < 1.29 is 68.1 Å². The average Bonchev–Trinajstić information content (AvgIpc) is 2.78. The van der Waals surface area contributed by atoms with Gasteiger partial charge in [0, 0.05) is 54.9 Å². The van der Waals surface area contributed by atoms with Crippen LogP contribution in [0, 0.1) is 0 Å². The molecule has 0 radical (unpaired) electrons. The van der Waals surface area contributed by atoms with Crippen LogP contribution < -0.4 is 0 Å². The van der Waals surface area contributed by atoms with Gasteiger partial charge in [-0.1, -0.05) is 6.55 Å². The summed E-state index contributed by atoms with van der Waals surface area (Å²) < 4.78 is 44.0. The van der Waals surface area contributed by atoms with E-state index in [2.05, 4.69) is 0 Å². The lowest BCUT2D eigenvalue weighted by atomic mass is 9.94.